The summed E-state index contributed by atoms with van der Waals surface area (Å²) in [6, 6.07) is 4.98. The first-order chi connectivity index (χ1) is 7.68. The molecule has 1 saturated heterocycles. The van der Waals surface area contributed by atoms with Crippen molar-refractivity contribution in [3.63, 3.8) is 0 Å². The smallest absolute Gasteiger partial charge is 0.255 e. The van der Waals surface area contributed by atoms with Gasteiger partial charge in [-0.15, -0.1) is 0 Å². The van der Waals surface area contributed by atoms with E-state index in [0.717, 1.165) is 24.6 Å². The first kappa shape index (κ1) is 12.1. The summed E-state index contributed by atoms with van der Waals surface area (Å²) >= 11 is 13.7. The van der Waals surface area contributed by atoms with E-state index in [1.54, 1.807) is 18.2 Å². The number of thioether (sulfide) groups is 1. The third-order valence-corrected chi connectivity index (χ3v) is 3.96. The van der Waals surface area contributed by atoms with Gasteiger partial charge in [0.2, 0.25) is 0 Å². The normalized spacial score (nSPS) is 16.2. The number of amides is 1. The van der Waals surface area contributed by atoms with Crippen molar-refractivity contribution in [3.05, 3.63) is 33.8 Å². The number of halogens is 2. The molecule has 0 aromatic heterocycles. The van der Waals surface area contributed by atoms with Crippen LogP contribution >= 0.6 is 35.0 Å². The fraction of sp³-hybridized carbons (Fsp3) is 0.364. The molecule has 5 heteroatoms. The van der Waals surface area contributed by atoms with E-state index in [2.05, 4.69) is 0 Å². The SMILES string of the molecule is O=C(c1cc(Cl)ccc1Cl)N1CCSCC1. The molecule has 0 unspecified atom stereocenters. The van der Waals surface area contributed by atoms with Crippen LogP contribution in [0.2, 0.25) is 10.0 Å². The van der Waals surface area contributed by atoms with Crippen LogP contribution in [0, 0.1) is 0 Å². The van der Waals surface area contributed by atoms with Crippen molar-refractivity contribution < 1.29 is 4.79 Å². The monoisotopic (exact) mass is 275 g/mol. The van der Waals surface area contributed by atoms with Gasteiger partial charge in [-0.25, -0.2) is 0 Å². The minimum atomic E-state index is -0.0206. The molecule has 1 aromatic carbocycles. The number of benzene rings is 1. The zero-order valence-electron chi connectivity index (χ0n) is 8.58. The standard InChI is InChI=1S/C11H11Cl2NOS/c12-8-1-2-10(13)9(7-8)11(15)14-3-5-16-6-4-14/h1-2,7H,3-6H2. The Morgan fingerprint density at radius 1 is 1.25 bits per heavy atom. The topological polar surface area (TPSA) is 20.3 Å². The van der Waals surface area contributed by atoms with E-state index >= 15 is 0 Å². The van der Waals surface area contributed by atoms with Gasteiger partial charge >= 0.3 is 0 Å². The molecule has 2 rings (SSSR count). The van der Waals surface area contributed by atoms with E-state index < -0.39 is 0 Å². The number of hydrogen-bond acceptors (Lipinski definition) is 2. The maximum atomic E-state index is 12.1. The predicted octanol–water partition coefficient (Wildman–Crippen LogP) is 3.18. The van der Waals surface area contributed by atoms with Crippen molar-refractivity contribution in [1.29, 1.82) is 0 Å². The summed E-state index contributed by atoms with van der Waals surface area (Å²) in [5, 5.41) is 1.01. The fourth-order valence-electron chi connectivity index (χ4n) is 1.60. The largest absolute Gasteiger partial charge is 0.337 e. The summed E-state index contributed by atoms with van der Waals surface area (Å²) in [6.07, 6.45) is 0. The second-order valence-corrected chi connectivity index (χ2v) is 5.60. The highest BCUT2D eigenvalue weighted by Crippen LogP contribution is 2.23. The van der Waals surface area contributed by atoms with Crippen molar-refractivity contribution in [3.8, 4) is 0 Å². The molecule has 0 saturated carbocycles. The van der Waals surface area contributed by atoms with E-state index in [0.29, 0.717) is 15.6 Å². The first-order valence-corrected chi connectivity index (χ1v) is 6.91. The molecular weight excluding hydrogens is 265 g/mol. The van der Waals surface area contributed by atoms with Gasteiger partial charge in [-0.05, 0) is 18.2 Å². The Hall–Kier alpha value is -0.380. The van der Waals surface area contributed by atoms with Gasteiger partial charge in [-0.1, -0.05) is 23.2 Å². The molecule has 0 N–H and O–H groups in total. The van der Waals surface area contributed by atoms with E-state index in [4.69, 9.17) is 23.2 Å². The number of rotatable bonds is 1. The van der Waals surface area contributed by atoms with Crippen molar-refractivity contribution in [2.75, 3.05) is 24.6 Å². The van der Waals surface area contributed by atoms with E-state index in [1.807, 2.05) is 16.7 Å². The summed E-state index contributed by atoms with van der Waals surface area (Å²) in [7, 11) is 0. The Balaban J connectivity index is 2.22. The molecule has 16 heavy (non-hydrogen) atoms. The van der Waals surface area contributed by atoms with Gasteiger partial charge < -0.3 is 4.90 Å². The van der Waals surface area contributed by atoms with Crippen LogP contribution in [0.4, 0.5) is 0 Å². The first-order valence-electron chi connectivity index (χ1n) is 5.00. The molecular formula is C11H11Cl2NOS. The lowest BCUT2D eigenvalue weighted by Crippen LogP contribution is -2.38. The quantitative estimate of drug-likeness (QED) is 0.785. The van der Waals surface area contributed by atoms with Gasteiger partial charge in [0.15, 0.2) is 0 Å². The number of hydrogen-bond donors (Lipinski definition) is 0. The van der Waals surface area contributed by atoms with Crippen molar-refractivity contribution >= 4 is 40.9 Å². The zero-order valence-corrected chi connectivity index (χ0v) is 10.9. The molecule has 0 bridgehead atoms. The summed E-state index contributed by atoms with van der Waals surface area (Å²) < 4.78 is 0. The number of carbonyl (C=O) groups excluding carboxylic acids is 1. The zero-order chi connectivity index (χ0) is 11.5. The highest BCUT2D eigenvalue weighted by molar-refractivity contribution is 7.99. The summed E-state index contributed by atoms with van der Waals surface area (Å²) in [4.78, 5) is 14.0. The molecule has 1 aliphatic heterocycles. The van der Waals surface area contributed by atoms with Crippen LogP contribution in [0.5, 0.6) is 0 Å². The Morgan fingerprint density at radius 3 is 2.62 bits per heavy atom. The summed E-state index contributed by atoms with van der Waals surface area (Å²) in [5.41, 5.74) is 0.501. The van der Waals surface area contributed by atoms with Gasteiger partial charge in [0.25, 0.3) is 5.91 Å². The second kappa shape index (κ2) is 5.30. The van der Waals surface area contributed by atoms with Crippen LogP contribution in [0.15, 0.2) is 18.2 Å². The van der Waals surface area contributed by atoms with Gasteiger partial charge in [-0.2, -0.15) is 11.8 Å². The number of nitrogens with zero attached hydrogens (tertiary/aromatic N) is 1. The molecule has 2 nitrogen and oxygen atoms in total. The maximum Gasteiger partial charge on any atom is 0.255 e. The molecule has 0 atom stereocenters. The lowest BCUT2D eigenvalue weighted by Gasteiger charge is -2.26. The highest BCUT2D eigenvalue weighted by atomic mass is 35.5. The average Bonchev–Trinajstić information content (AvgIpc) is 2.32. The van der Waals surface area contributed by atoms with Crippen LogP contribution < -0.4 is 0 Å². The fourth-order valence-corrected chi connectivity index (χ4v) is 2.87. The average molecular weight is 276 g/mol. The van der Waals surface area contributed by atoms with Crippen molar-refractivity contribution in [2.24, 2.45) is 0 Å². The predicted molar refractivity (Wildman–Crippen MR) is 69.7 cm³/mol. The third-order valence-electron chi connectivity index (χ3n) is 2.46. The minimum absolute atomic E-state index is 0.0206. The molecule has 1 aromatic rings. The van der Waals surface area contributed by atoms with E-state index in [9.17, 15) is 4.79 Å². The minimum Gasteiger partial charge on any atom is -0.337 e. The van der Waals surface area contributed by atoms with Crippen LogP contribution in [0.3, 0.4) is 0 Å². The van der Waals surface area contributed by atoms with E-state index in [-0.39, 0.29) is 5.91 Å². The molecule has 86 valence electrons. The lowest BCUT2D eigenvalue weighted by molar-refractivity contribution is 0.0772. The van der Waals surface area contributed by atoms with Gasteiger partial charge in [0, 0.05) is 29.6 Å². The summed E-state index contributed by atoms with van der Waals surface area (Å²) in [6.45, 7) is 1.57. The van der Waals surface area contributed by atoms with Crippen LogP contribution in [-0.2, 0) is 0 Å². The molecule has 0 aliphatic carbocycles. The van der Waals surface area contributed by atoms with E-state index in [1.165, 1.54) is 0 Å². The van der Waals surface area contributed by atoms with Crippen molar-refractivity contribution in [2.45, 2.75) is 0 Å². The Labute approximate surface area is 109 Å². The molecule has 0 radical (unpaired) electrons. The molecule has 1 fully saturated rings. The Kier molecular flexibility index (Phi) is 4.00. The maximum absolute atomic E-state index is 12.1. The lowest BCUT2D eigenvalue weighted by atomic mass is 10.2. The molecule has 1 aliphatic rings. The van der Waals surface area contributed by atoms with Gasteiger partial charge in [0.1, 0.15) is 0 Å². The second-order valence-electron chi connectivity index (χ2n) is 3.53. The van der Waals surface area contributed by atoms with Crippen LogP contribution in [0.1, 0.15) is 10.4 Å². The Bertz CT molecular complexity index is 405. The highest BCUT2D eigenvalue weighted by Gasteiger charge is 2.20. The molecule has 1 heterocycles. The summed E-state index contributed by atoms with van der Waals surface area (Å²) in [5.74, 6) is 1.96. The number of carbonyl (C=O) groups is 1. The van der Waals surface area contributed by atoms with Gasteiger partial charge in [0.05, 0.1) is 10.6 Å². The molecule has 0 spiro atoms. The molecule has 1 amide bonds. The van der Waals surface area contributed by atoms with Gasteiger partial charge in [-0.3, -0.25) is 4.79 Å². The van der Waals surface area contributed by atoms with Crippen LogP contribution in [0.25, 0.3) is 0 Å². The Morgan fingerprint density at radius 2 is 1.94 bits per heavy atom. The van der Waals surface area contributed by atoms with Crippen LogP contribution in [-0.4, -0.2) is 35.4 Å². The third kappa shape index (κ3) is 2.65. The van der Waals surface area contributed by atoms with Crippen molar-refractivity contribution in [1.82, 2.24) is 4.90 Å².